The molecule has 21 heavy (non-hydrogen) atoms. The second kappa shape index (κ2) is 7.14. The van der Waals surface area contributed by atoms with Crippen molar-refractivity contribution in [2.24, 2.45) is 11.8 Å². The molecule has 0 aromatic rings. The van der Waals surface area contributed by atoms with Crippen molar-refractivity contribution in [2.75, 3.05) is 6.54 Å². The van der Waals surface area contributed by atoms with Gasteiger partial charge in [0.05, 0.1) is 0 Å². The molecule has 1 fully saturated rings. The minimum Gasteiger partial charge on any atom is -0.480 e. The second-order valence-electron chi connectivity index (χ2n) is 6.92. The fourth-order valence-corrected chi connectivity index (χ4v) is 3.01. The first kappa shape index (κ1) is 17.8. The summed E-state index contributed by atoms with van der Waals surface area (Å²) in [5.41, 5.74) is -0.604. The molecule has 0 radical (unpaired) electrons. The maximum absolute atomic E-state index is 12.2. The Hall–Kier alpha value is -1.26. The van der Waals surface area contributed by atoms with Crippen molar-refractivity contribution in [1.29, 1.82) is 0 Å². The van der Waals surface area contributed by atoms with Crippen LogP contribution in [0.1, 0.15) is 60.3 Å². The summed E-state index contributed by atoms with van der Waals surface area (Å²) >= 11 is 0. The Balaban J connectivity index is 2.79. The zero-order valence-electron chi connectivity index (χ0n) is 13.9. The monoisotopic (exact) mass is 299 g/mol. The van der Waals surface area contributed by atoms with Gasteiger partial charge in [-0.15, -0.1) is 0 Å². The lowest BCUT2D eigenvalue weighted by Crippen LogP contribution is -2.45. The van der Waals surface area contributed by atoms with Gasteiger partial charge in [0.15, 0.2) is 0 Å². The van der Waals surface area contributed by atoms with E-state index in [9.17, 15) is 14.7 Å². The van der Waals surface area contributed by atoms with E-state index in [1.54, 1.807) is 20.8 Å². The highest BCUT2D eigenvalue weighted by Crippen LogP contribution is 2.33. The van der Waals surface area contributed by atoms with Crippen molar-refractivity contribution < 1.29 is 19.4 Å². The molecular formula is C16H29NO4. The van der Waals surface area contributed by atoms with Crippen molar-refractivity contribution >= 4 is 12.1 Å². The van der Waals surface area contributed by atoms with Gasteiger partial charge in [0.2, 0.25) is 0 Å². The average Bonchev–Trinajstić information content (AvgIpc) is 2.77. The molecule has 1 heterocycles. The third-order valence-electron chi connectivity index (χ3n) is 4.19. The topological polar surface area (TPSA) is 66.8 Å². The molecule has 5 heteroatoms. The summed E-state index contributed by atoms with van der Waals surface area (Å²) in [6.45, 7) is 10.1. The van der Waals surface area contributed by atoms with Crippen molar-refractivity contribution in [2.45, 2.75) is 71.9 Å². The molecule has 2 unspecified atom stereocenters. The first-order chi connectivity index (χ1) is 9.69. The highest BCUT2D eigenvalue weighted by molar-refractivity contribution is 5.81. The van der Waals surface area contributed by atoms with Gasteiger partial charge in [0.1, 0.15) is 11.6 Å². The number of amides is 1. The standard InChI is InChI=1S/C16H29NO4/c1-6-11(7-2)10-12-8-9-17(13(12)14(18)19)15(20)21-16(3,4)5/h11-13H,6-10H2,1-5H3,(H,18,19). The summed E-state index contributed by atoms with van der Waals surface area (Å²) in [4.78, 5) is 25.2. The number of ether oxygens (including phenoxy) is 1. The van der Waals surface area contributed by atoms with Crippen LogP contribution in [0.15, 0.2) is 0 Å². The molecule has 0 aromatic carbocycles. The third-order valence-corrected chi connectivity index (χ3v) is 4.19. The number of nitrogens with zero attached hydrogens (tertiary/aromatic N) is 1. The van der Waals surface area contributed by atoms with Crippen molar-refractivity contribution in [3.63, 3.8) is 0 Å². The van der Waals surface area contributed by atoms with Crippen LogP contribution in [0.5, 0.6) is 0 Å². The quantitative estimate of drug-likeness (QED) is 0.843. The first-order valence-corrected chi connectivity index (χ1v) is 7.92. The number of hydrogen-bond donors (Lipinski definition) is 1. The number of aliphatic carboxylic acids is 1. The number of rotatable bonds is 5. The first-order valence-electron chi connectivity index (χ1n) is 7.92. The second-order valence-corrected chi connectivity index (χ2v) is 6.92. The van der Waals surface area contributed by atoms with Crippen LogP contribution in [0.2, 0.25) is 0 Å². The minimum atomic E-state index is -0.922. The lowest BCUT2D eigenvalue weighted by Gasteiger charge is -2.29. The van der Waals surface area contributed by atoms with Gasteiger partial charge in [-0.25, -0.2) is 9.59 Å². The van der Waals surface area contributed by atoms with Gasteiger partial charge < -0.3 is 9.84 Å². The molecule has 5 nitrogen and oxygen atoms in total. The normalized spacial score (nSPS) is 22.7. The molecule has 2 atom stereocenters. The summed E-state index contributed by atoms with van der Waals surface area (Å²) in [6, 6.07) is -0.750. The van der Waals surface area contributed by atoms with Gasteiger partial charge in [-0.2, -0.15) is 0 Å². The number of carboxylic acid groups (broad SMARTS) is 1. The van der Waals surface area contributed by atoms with Gasteiger partial charge in [-0.3, -0.25) is 4.90 Å². The Bertz CT molecular complexity index is 371. The zero-order valence-corrected chi connectivity index (χ0v) is 13.9. The van der Waals surface area contributed by atoms with Crippen molar-refractivity contribution in [1.82, 2.24) is 4.90 Å². The third kappa shape index (κ3) is 4.90. The highest BCUT2D eigenvalue weighted by Gasteiger charge is 2.43. The Kier molecular flexibility index (Phi) is 6.05. The zero-order chi connectivity index (χ0) is 16.2. The summed E-state index contributed by atoms with van der Waals surface area (Å²) in [6.07, 6.45) is 3.19. The summed E-state index contributed by atoms with van der Waals surface area (Å²) in [7, 11) is 0. The number of likely N-dealkylation sites (tertiary alicyclic amines) is 1. The molecule has 1 aliphatic rings. The lowest BCUT2D eigenvalue weighted by atomic mass is 9.86. The van der Waals surface area contributed by atoms with Crippen LogP contribution < -0.4 is 0 Å². The molecule has 0 aliphatic carbocycles. The number of carboxylic acids is 1. The fraction of sp³-hybridized carbons (Fsp3) is 0.875. The van der Waals surface area contributed by atoms with E-state index in [1.165, 1.54) is 4.90 Å². The van der Waals surface area contributed by atoms with E-state index in [0.29, 0.717) is 12.5 Å². The van der Waals surface area contributed by atoms with E-state index in [4.69, 9.17) is 4.74 Å². The molecule has 1 N–H and O–H groups in total. The van der Waals surface area contributed by atoms with Crippen molar-refractivity contribution in [3.8, 4) is 0 Å². The highest BCUT2D eigenvalue weighted by atomic mass is 16.6. The van der Waals surface area contributed by atoms with E-state index >= 15 is 0 Å². The van der Waals surface area contributed by atoms with Crippen LogP contribution in [-0.2, 0) is 9.53 Å². The van der Waals surface area contributed by atoms with E-state index in [-0.39, 0.29) is 5.92 Å². The van der Waals surface area contributed by atoms with E-state index < -0.39 is 23.7 Å². The van der Waals surface area contributed by atoms with Crippen LogP contribution in [-0.4, -0.2) is 40.3 Å². The van der Waals surface area contributed by atoms with Crippen LogP contribution in [0.3, 0.4) is 0 Å². The van der Waals surface area contributed by atoms with Crippen LogP contribution in [0.4, 0.5) is 4.79 Å². The SMILES string of the molecule is CCC(CC)CC1CCN(C(=O)OC(C)(C)C)C1C(=O)O. The Morgan fingerprint density at radius 3 is 2.29 bits per heavy atom. The molecule has 0 saturated carbocycles. The van der Waals surface area contributed by atoms with E-state index in [1.807, 2.05) is 0 Å². The summed E-state index contributed by atoms with van der Waals surface area (Å²) in [5, 5.41) is 9.51. The molecule has 0 bridgehead atoms. The molecule has 0 aromatic heterocycles. The van der Waals surface area contributed by atoms with E-state index in [0.717, 1.165) is 25.7 Å². The smallest absolute Gasteiger partial charge is 0.411 e. The van der Waals surface area contributed by atoms with Gasteiger partial charge in [-0.05, 0) is 45.4 Å². The molecule has 122 valence electrons. The summed E-state index contributed by atoms with van der Waals surface area (Å²) < 4.78 is 5.33. The predicted molar refractivity (Wildman–Crippen MR) is 81.2 cm³/mol. The maximum Gasteiger partial charge on any atom is 0.411 e. The van der Waals surface area contributed by atoms with Crippen LogP contribution >= 0.6 is 0 Å². The van der Waals surface area contributed by atoms with Gasteiger partial charge in [0.25, 0.3) is 0 Å². The predicted octanol–water partition coefficient (Wildman–Crippen LogP) is 3.52. The van der Waals surface area contributed by atoms with Gasteiger partial charge in [-0.1, -0.05) is 26.7 Å². The average molecular weight is 299 g/mol. The molecule has 1 aliphatic heterocycles. The lowest BCUT2D eigenvalue weighted by molar-refractivity contribution is -0.143. The molecular weight excluding hydrogens is 270 g/mol. The number of carbonyl (C=O) groups excluding carboxylic acids is 1. The molecule has 1 rings (SSSR count). The van der Waals surface area contributed by atoms with Crippen LogP contribution in [0.25, 0.3) is 0 Å². The fourth-order valence-electron chi connectivity index (χ4n) is 3.01. The largest absolute Gasteiger partial charge is 0.480 e. The molecule has 1 saturated heterocycles. The Morgan fingerprint density at radius 2 is 1.86 bits per heavy atom. The van der Waals surface area contributed by atoms with Gasteiger partial charge in [0, 0.05) is 6.54 Å². The number of hydrogen-bond acceptors (Lipinski definition) is 3. The molecule has 0 spiro atoms. The minimum absolute atomic E-state index is 0.0277. The van der Waals surface area contributed by atoms with Gasteiger partial charge >= 0.3 is 12.1 Å². The maximum atomic E-state index is 12.2. The Morgan fingerprint density at radius 1 is 1.29 bits per heavy atom. The number of carbonyl (C=O) groups is 2. The molecule has 1 amide bonds. The van der Waals surface area contributed by atoms with E-state index in [2.05, 4.69) is 13.8 Å². The van der Waals surface area contributed by atoms with Crippen molar-refractivity contribution in [3.05, 3.63) is 0 Å². The van der Waals surface area contributed by atoms with Crippen LogP contribution in [0, 0.1) is 11.8 Å². The Labute approximate surface area is 127 Å². The summed E-state index contributed by atoms with van der Waals surface area (Å²) in [5.74, 6) is -0.371.